The van der Waals surface area contributed by atoms with Crippen LogP contribution in [0.5, 0.6) is 0 Å². The third-order valence-corrected chi connectivity index (χ3v) is 68.0. The van der Waals surface area contributed by atoms with E-state index in [0.717, 1.165) is 23.8 Å². The third kappa shape index (κ3) is 0.184. The molecule has 10 aliphatic heterocycles. The third-order valence-electron chi connectivity index (χ3n) is 20.4. The van der Waals surface area contributed by atoms with Gasteiger partial charge in [0, 0.05) is 0 Å². The first-order valence-corrected chi connectivity index (χ1v) is 18.3. The molecule has 10 heterocycles. The molecule has 0 bridgehead atoms. The SMILES string of the molecule is CCCCCCCCCCC[C]12[CH]3[C]4(CN)[C]5(C)[C]1(C)[Fe]34251678[CH]2[CH]1[CH]6[CH]7[CH]28. The molecule has 0 radical (unpaired) electrons. The van der Waals surface area contributed by atoms with Crippen LogP contribution in [0.25, 0.3) is 0 Å². The Balaban J connectivity index is 0.944. The van der Waals surface area contributed by atoms with Gasteiger partial charge in [-0.1, -0.05) is 0 Å². The molecule has 10 rings (SSSR count). The Hall–Kier alpha value is 0.479. The van der Waals surface area contributed by atoms with E-state index in [4.69, 9.17) is 5.73 Å². The van der Waals surface area contributed by atoms with E-state index in [1.807, 2.05) is 0 Å². The monoisotopic (exact) mass is 397 g/mol. The Kier molecular flexibility index (Phi) is 0.827. The molecule has 10 aliphatic rings. The molecule has 26 heavy (non-hydrogen) atoms. The van der Waals surface area contributed by atoms with E-state index in [2.05, 4.69) is 20.8 Å². The summed E-state index contributed by atoms with van der Waals surface area (Å²) in [7, 11) is 0. The van der Waals surface area contributed by atoms with E-state index < -0.39 is 6.51 Å². The summed E-state index contributed by atoms with van der Waals surface area (Å²) in [5.41, 5.74) is 6.69. The average molecular weight is 397 g/mol. The summed E-state index contributed by atoms with van der Waals surface area (Å²) in [6.07, 6.45) is 15.2. The van der Waals surface area contributed by atoms with Crippen molar-refractivity contribution in [2.24, 2.45) is 5.73 Å². The van der Waals surface area contributed by atoms with Crippen molar-refractivity contribution in [3.63, 3.8) is 0 Å². The molecule has 0 aliphatic carbocycles. The number of nitrogens with two attached hydrogens (primary N) is 1. The van der Waals surface area contributed by atoms with Gasteiger partial charge in [0.1, 0.15) is 0 Å². The Bertz CT molecular complexity index is 1150. The summed E-state index contributed by atoms with van der Waals surface area (Å²) in [6.45, 7) is 5.91. The van der Waals surface area contributed by atoms with Crippen molar-refractivity contribution in [3.05, 3.63) is 0 Å². The molecule has 0 aromatic carbocycles. The van der Waals surface area contributed by atoms with Crippen LogP contribution < -0.4 is 5.73 Å². The minimum atomic E-state index is -3.33. The fourth-order valence-electron chi connectivity index (χ4n) is 23.5. The predicted molar refractivity (Wildman–Crippen MR) is 106 cm³/mol. The molecular weight excluding hydrogens is 358 g/mol. The molecule has 0 aromatic rings. The van der Waals surface area contributed by atoms with Crippen molar-refractivity contribution in [2.45, 2.75) is 131 Å². The van der Waals surface area contributed by atoms with E-state index in [9.17, 15) is 0 Å². The van der Waals surface area contributed by atoms with Crippen LogP contribution in [0.15, 0.2) is 0 Å². The van der Waals surface area contributed by atoms with Crippen LogP contribution in [0, 0.1) is 0 Å². The van der Waals surface area contributed by atoms with E-state index >= 15 is 0 Å². The topological polar surface area (TPSA) is 26.0 Å². The molecule has 148 valence electrons. The number of rotatable bonds is 11. The van der Waals surface area contributed by atoms with E-state index in [-0.39, 0.29) is 0 Å². The average Bonchev–Trinajstić information content (AvgIpc) is 3.60. The summed E-state index contributed by atoms with van der Waals surface area (Å²) in [5.74, 6) is 0. The van der Waals surface area contributed by atoms with Crippen LogP contribution in [0.4, 0.5) is 0 Å². The van der Waals surface area contributed by atoms with Gasteiger partial charge in [-0.2, -0.15) is 0 Å². The van der Waals surface area contributed by atoms with Gasteiger partial charge in [-0.15, -0.1) is 0 Å². The maximum absolute atomic E-state index is 6.69. The van der Waals surface area contributed by atoms with Crippen LogP contribution in [-0.2, 0) is 6.51 Å². The first-order chi connectivity index (χ1) is 12.3. The van der Waals surface area contributed by atoms with Crippen molar-refractivity contribution in [3.8, 4) is 0 Å². The Morgan fingerprint density at radius 3 is 1.54 bits per heavy atom. The molecule has 5 unspecified atom stereocenters. The summed E-state index contributed by atoms with van der Waals surface area (Å²) < 4.78 is 3.74. The van der Waals surface area contributed by atoms with Crippen LogP contribution in [-0.4, -0.2) is 6.54 Å². The fraction of sp³-hybridized carbons (Fsp3) is 1.00. The van der Waals surface area contributed by atoms with Crippen molar-refractivity contribution >= 4 is 0 Å². The van der Waals surface area contributed by atoms with Crippen molar-refractivity contribution in [1.82, 2.24) is 0 Å². The van der Waals surface area contributed by atoms with Gasteiger partial charge in [-0.3, -0.25) is 0 Å². The van der Waals surface area contributed by atoms with E-state index in [1.165, 1.54) is 73.8 Å². The van der Waals surface area contributed by atoms with Gasteiger partial charge >= 0.3 is 150 Å². The van der Waals surface area contributed by atoms with Gasteiger partial charge in [0.15, 0.2) is 0 Å². The van der Waals surface area contributed by atoms with Crippen molar-refractivity contribution < 1.29 is 6.51 Å². The zero-order valence-corrected chi connectivity index (χ0v) is 18.3. The second-order valence-corrected chi connectivity index (χ2v) is 38.0. The molecule has 10 saturated heterocycles. The van der Waals surface area contributed by atoms with Gasteiger partial charge in [0.2, 0.25) is 0 Å². The molecular formula is C24H39FeN. The molecule has 1 spiro atoms. The molecule has 0 aromatic heterocycles. The Labute approximate surface area is 149 Å². The molecule has 1 nitrogen and oxygen atoms in total. The fourth-order valence-corrected chi connectivity index (χ4v) is 107. The molecule has 2 heteroatoms. The summed E-state index contributed by atoms with van der Waals surface area (Å²) >= 11 is 0. The standard InChI is InChI=1S/C19H34N.C5H5.Fe/c1-4-5-6-7-8-9-10-11-12-13-18-14-19(15-20)17(3)16(18)2;1-2-4-5-3-1;/h14H,4-13,15,20H2,1-3H3;1-5H;. The van der Waals surface area contributed by atoms with Crippen LogP contribution in [0.2, 0.25) is 46.2 Å². The zero-order valence-electron chi connectivity index (χ0n) is 17.2. The normalized spacial score (nSPS) is 90.8. The van der Waals surface area contributed by atoms with Gasteiger partial charge < -0.3 is 0 Å². The van der Waals surface area contributed by atoms with Gasteiger partial charge in [-0.25, -0.2) is 0 Å². The number of fused-ring (bicyclic) bond motifs is 10. The Morgan fingerprint density at radius 1 is 0.692 bits per heavy atom. The van der Waals surface area contributed by atoms with E-state index in [1.54, 1.807) is 19.3 Å². The minimum absolute atomic E-state index is 0.866. The summed E-state index contributed by atoms with van der Waals surface area (Å²) in [5, 5.41) is 0. The van der Waals surface area contributed by atoms with Crippen LogP contribution in [0.1, 0.15) is 85.0 Å². The molecule has 0 saturated carbocycles. The van der Waals surface area contributed by atoms with Crippen molar-refractivity contribution in [2.75, 3.05) is 6.54 Å². The quantitative estimate of drug-likeness (QED) is 0.280. The zero-order chi connectivity index (χ0) is 17.6. The first kappa shape index (κ1) is 13.7. The number of hydrogen-bond acceptors (Lipinski definition) is 1. The molecule has 2 N–H and O–H groups in total. The predicted octanol–water partition coefficient (Wildman–Crippen LogP) is 7.78. The summed E-state index contributed by atoms with van der Waals surface area (Å²) in [6, 6.07) is 0. The first-order valence-electron chi connectivity index (χ1n) is 12.2. The molecule has 0 amide bonds. The molecule has 10 fully saturated rings. The Morgan fingerprint density at radius 2 is 1.15 bits per heavy atom. The van der Waals surface area contributed by atoms with Gasteiger partial charge in [0.05, 0.1) is 0 Å². The maximum atomic E-state index is 6.69. The van der Waals surface area contributed by atoms with Crippen molar-refractivity contribution in [1.29, 1.82) is 0 Å². The van der Waals surface area contributed by atoms with Crippen LogP contribution in [0.3, 0.4) is 0 Å². The van der Waals surface area contributed by atoms with Crippen LogP contribution >= 0.6 is 0 Å². The van der Waals surface area contributed by atoms with Gasteiger partial charge in [-0.05, 0) is 0 Å². The molecule has 5 atom stereocenters. The second-order valence-electron chi connectivity index (χ2n) is 14.7. The number of hydrogen-bond donors (Lipinski definition) is 1. The van der Waals surface area contributed by atoms with E-state index in [0.29, 0.717) is 0 Å². The second kappa shape index (κ2) is 1.57. The summed E-state index contributed by atoms with van der Waals surface area (Å²) in [4.78, 5) is 8.28. The number of unbranched alkanes of at least 4 members (excludes halogenated alkanes) is 8. The van der Waals surface area contributed by atoms with Gasteiger partial charge in [0.25, 0.3) is 0 Å².